The van der Waals surface area contributed by atoms with Crippen LogP contribution >= 0.6 is 0 Å². The summed E-state index contributed by atoms with van der Waals surface area (Å²) in [5, 5.41) is 3.01. The van der Waals surface area contributed by atoms with E-state index in [9.17, 15) is 14.4 Å². The van der Waals surface area contributed by atoms with Gasteiger partial charge in [0.05, 0.1) is 18.7 Å². The average molecular weight is 505 g/mol. The van der Waals surface area contributed by atoms with E-state index >= 15 is 0 Å². The zero-order valence-corrected chi connectivity index (χ0v) is 21.8. The summed E-state index contributed by atoms with van der Waals surface area (Å²) in [6.45, 7) is 2.12. The molecule has 2 heterocycles. The fourth-order valence-electron chi connectivity index (χ4n) is 6.56. The number of nitrogens with zero attached hydrogens (tertiary/aromatic N) is 3. The molecule has 8 nitrogen and oxygen atoms in total. The lowest BCUT2D eigenvalue weighted by Crippen LogP contribution is -2.66. The Kier molecular flexibility index (Phi) is 7.31. The number of rotatable bonds is 7. The zero-order chi connectivity index (χ0) is 26.1. The third-order valence-corrected chi connectivity index (χ3v) is 8.40. The summed E-state index contributed by atoms with van der Waals surface area (Å²) < 4.78 is 5.69. The molecule has 1 aliphatic carbocycles. The molecule has 5 atom stereocenters. The second-order valence-corrected chi connectivity index (χ2v) is 10.4. The molecule has 0 bridgehead atoms. The first-order valence-electron chi connectivity index (χ1n) is 13.2. The number of urea groups is 1. The normalized spacial score (nSPS) is 27.7. The van der Waals surface area contributed by atoms with Gasteiger partial charge < -0.3 is 15.0 Å². The number of hydrogen-bond donors (Lipinski definition) is 1. The average Bonchev–Trinajstić information content (AvgIpc) is 3.21. The topological polar surface area (TPSA) is 82.2 Å². The van der Waals surface area contributed by atoms with E-state index < -0.39 is 12.1 Å². The molecule has 4 amide bonds. The molecule has 3 aliphatic rings. The van der Waals surface area contributed by atoms with Crippen LogP contribution in [-0.2, 0) is 27.3 Å². The number of carbonyl (C=O) groups is 3. The van der Waals surface area contributed by atoms with Crippen molar-refractivity contribution >= 4 is 23.5 Å². The van der Waals surface area contributed by atoms with Crippen molar-refractivity contribution in [1.82, 2.24) is 14.7 Å². The van der Waals surface area contributed by atoms with E-state index in [0.717, 1.165) is 42.5 Å². The maximum atomic E-state index is 13.9. The summed E-state index contributed by atoms with van der Waals surface area (Å²) in [5.41, 5.74) is 2.67. The van der Waals surface area contributed by atoms with Crippen LogP contribution in [0, 0.1) is 5.92 Å². The Labute approximate surface area is 218 Å². The fraction of sp³-hybridized carbons (Fsp3) is 0.483. The van der Waals surface area contributed by atoms with Crippen LogP contribution in [0.3, 0.4) is 0 Å². The van der Waals surface area contributed by atoms with Crippen molar-refractivity contribution in [2.45, 2.75) is 63.4 Å². The molecular weight excluding hydrogens is 468 g/mol. The molecule has 5 rings (SSSR count). The predicted octanol–water partition coefficient (Wildman–Crippen LogP) is 3.52. The maximum absolute atomic E-state index is 13.9. The minimum atomic E-state index is -0.484. The number of methoxy groups -OCH3 is 1. The molecule has 0 aromatic heterocycles. The van der Waals surface area contributed by atoms with Crippen molar-refractivity contribution in [1.29, 1.82) is 0 Å². The molecule has 196 valence electrons. The van der Waals surface area contributed by atoms with E-state index in [1.54, 1.807) is 12.0 Å². The second kappa shape index (κ2) is 10.6. The Balaban J connectivity index is 1.46. The molecule has 1 saturated carbocycles. The van der Waals surface area contributed by atoms with Crippen LogP contribution in [0.1, 0.15) is 37.3 Å². The largest absolute Gasteiger partial charge is 0.381 e. The molecule has 5 unspecified atom stereocenters. The Morgan fingerprint density at radius 2 is 1.78 bits per heavy atom. The lowest BCUT2D eigenvalue weighted by Gasteiger charge is -2.44. The van der Waals surface area contributed by atoms with Gasteiger partial charge in [-0.25, -0.2) is 4.79 Å². The van der Waals surface area contributed by atoms with Gasteiger partial charge in [0, 0.05) is 18.8 Å². The van der Waals surface area contributed by atoms with Crippen molar-refractivity contribution in [3.8, 4) is 0 Å². The molecule has 2 aromatic rings. The molecule has 3 fully saturated rings. The van der Waals surface area contributed by atoms with E-state index in [0.29, 0.717) is 0 Å². The van der Waals surface area contributed by atoms with Crippen LogP contribution in [0.5, 0.6) is 0 Å². The van der Waals surface area contributed by atoms with Gasteiger partial charge in [-0.15, -0.1) is 0 Å². The van der Waals surface area contributed by atoms with Crippen molar-refractivity contribution in [3.05, 3.63) is 65.7 Å². The number of fused-ring (bicyclic) bond motifs is 3. The number of anilines is 1. The molecular formula is C29H36N4O4. The summed E-state index contributed by atoms with van der Waals surface area (Å²) in [6.07, 6.45) is 3.47. The van der Waals surface area contributed by atoms with Crippen LogP contribution < -0.4 is 5.32 Å². The third kappa shape index (κ3) is 4.76. The minimum Gasteiger partial charge on any atom is -0.381 e. The zero-order valence-electron chi connectivity index (χ0n) is 21.8. The smallest absolute Gasteiger partial charge is 0.327 e. The summed E-state index contributed by atoms with van der Waals surface area (Å²) in [4.78, 5) is 46.2. The van der Waals surface area contributed by atoms with Crippen molar-refractivity contribution in [2.75, 3.05) is 26.0 Å². The highest BCUT2D eigenvalue weighted by Gasteiger charge is 2.60. The molecule has 0 radical (unpaired) electrons. The van der Waals surface area contributed by atoms with Crippen LogP contribution in [0.25, 0.3) is 0 Å². The number of ether oxygens (including phenoxy) is 1. The van der Waals surface area contributed by atoms with E-state index in [-0.39, 0.29) is 49.0 Å². The molecule has 2 aliphatic heterocycles. The third-order valence-electron chi connectivity index (χ3n) is 8.40. The molecule has 2 saturated heterocycles. The van der Waals surface area contributed by atoms with Crippen molar-refractivity contribution in [3.63, 3.8) is 0 Å². The Morgan fingerprint density at radius 3 is 2.51 bits per heavy atom. The molecule has 1 N–H and O–H groups in total. The number of likely N-dealkylation sites (tertiary alicyclic amines) is 1. The van der Waals surface area contributed by atoms with Gasteiger partial charge in [0.2, 0.25) is 11.8 Å². The van der Waals surface area contributed by atoms with Crippen molar-refractivity contribution in [2.24, 2.45) is 5.92 Å². The summed E-state index contributed by atoms with van der Waals surface area (Å²) >= 11 is 0. The van der Waals surface area contributed by atoms with Crippen LogP contribution in [0.4, 0.5) is 10.5 Å². The van der Waals surface area contributed by atoms with Gasteiger partial charge in [0.15, 0.2) is 0 Å². The van der Waals surface area contributed by atoms with Gasteiger partial charge in [-0.2, -0.15) is 0 Å². The first-order valence-corrected chi connectivity index (χ1v) is 13.2. The highest BCUT2D eigenvalue weighted by Crippen LogP contribution is 2.44. The lowest BCUT2D eigenvalue weighted by molar-refractivity contribution is -0.140. The molecule has 37 heavy (non-hydrogen) atoms. The highest BCUT2D eigenvalue weighted by atomic mass is 16.5. The quantitative estimate of drug-likeness (QED) is 0.624. The van der Waals surface area contributed by atoms with E-state index in [1.807, 2.05) is 68.6 Å². The fourth-order valence-corrected chi connectivity index (χ4v) is 6.56. The van der Waals surface area contributed by atoms with E-state index in [4.69, 9.17) is 4.74 Å². The standard InChI is InChI=1S/C29H36N4O4/c1-4-20-12-8-9-13-23(20)30-25(34)18-32-26-22-16-21(37-3)14-15-24(22)31(2)27(26)28(35)33(29(32)36)17-19-10-6-5-7-11-19/h5-13,21-22,24,26-27H,4,14-18H2,1-3H3,(H,30,34). The van der Waals surface area contributed by atoms with Crippen LogP contribution in [-0.4, -0.2) is 77.5 Å². The molecule has 0 spiro atoms. The number of para-hydroxylation sites is 1. The number of aryl methyl sites for hydroxylation is 1. The summed E-state index contributed by atoms with van der Waals surface area (Å²) in [6, 6.07) is 16.1. The van der Waals surface area contributed by atoms with Gasteiger partial charge in [-0.1, -0.05) is 55.5 Å². The number of carbonyl (C=O) groups excluding carboxylic acids is 3. The monoisotopic (exact) mass is 504 g/mol. The second-order valence-electron chi connectivity index (χ2n) is 10.4. The first-order chi connectivity index (χ1) is 17.9. The number of hydrogen-bond acceptors (Lipinski definition) is 5. The number of amides is 4. The Bertz CT molecular complexity index is 1160. The predicted molar refractivity (Wildman–Crippen MR) is 141 cm³/mol. The number of imide groups is 1. The van der Waals surface area contributed by atoms with Crippen LogP contribution in [0.2, 0.25) is 0 Å². The van der Waals surface area contributed by atoms with Gasteiger partial charge >= 0.3 is 6.03 Å². The maximum Gasteiger partial charge on any atom is 0.327 e. The number of benzene rings is 2. The van der Waals surface area contributed by atoms with E-state index in [2.05, 4.69) is 10.2 Å². The Morgan fingerprint density at radius 1 is 1.05 bits per heavy atom. The van der Waals surface area contributed by atoms with Crippen molar-refractivity contribution < 1.29 is 19.1 Å². The SMILES string of the molecule is CCc1ccccc1NC(=O)CN1C(=O)N(Cc2ccccc2)C(=O)C2C1C1CC(OC)CCC1N2C. The lowest BCUT2D eigenvalue weighted by atomic mass is 9.79. The van der Waals surface area contributed by atoms with E-state index in [1.165, 1.54) is 4.90 Å². The molecule has 8 heteroatoms. The van der Waals surface area contributed by atoms with Gasteiger partial charge in [-0.05, 0) is 55.8 Å². The Hall–Kier alpha value is -3.23. The van der Waals surface area contributed by atoms with Gasteiger partial charge in [-0.3, -0.25) is 19.4 Å². The first kappa shape index (κ1) is 25.4. The molecule has 2 aromatic carbocycles. The highest BCUT2D eigenvalue weighted by molar-refractivity contribution is 6.03. The summed E-state index contributed by atoms with van der Waals surface area (Å²) in [5.74, 6) is -0.374. The van der Waals surface area contributed by atoms with Gasteiger partial charge in [0.1, 0.15) is 12.6 Å². The van der Waals surface area contributed by atoms with Crippen LogP contribution in [0.15, 0.2) is 54.6 Å². The number of nitrogens with one attached hydrogen (secondary N) is 1. The van der Waals surface area contributed by atoms with Gasteiger partial charge in [0.25, 0.3) is 0 Å². The summed E-state index contributed by atoms with van der Waals surface area (Å²) in [7, 11) is 3.70. The number of likely N-dealkylation sites (N-methyl/N-ethyl adjacent to an activating group) is 1. The minimum absolute atomic E-state index is 0.0659.